The van der Waals surface area contributed by atoms with Crippen LogP contribution in [0.2, 0.25) is 0 Å². The molecule has 0 bridgehead atoms. The van der Waals surface area contributed by atoms with Crippen molar-refractivity contribution in [1.29, 1.82) is 0 Å². The number of benzene rings is 1. The van der Waals surface area contributed by atoms with Gasteiger partial charge in [-0.15, -0.1) is 0 Å². The lowest BCUT2D eigenvalue weighted by molar-refractivity contribution is -0.146. The number of nitrogens with zero attached hydrogens (tertiary/aromatic N) is 2. The van der Waals surface area contributed by atoms with Crippen LogP contribution in [0.15, 0.2) is 24.4 Å². The molecule has 3 aliphatic heterocycles. The Balaban J connectivity index is 1.25. The van der Waals surface area contributed by atoms with Crippen LogP contribution in [-0.2, 0) is 38.8 Å². The number of nitrogen functional groups attached to an aromatic ring is 1. The first-order valence-corrected chi connectivity index (χ1v) is 12.2. The number of hydrogen-bond acceptors (Lipinski definition) is 6. The molecule has 182 valence electrons. The van der Waals surface area contributed by atoms with Crippen molar-refractivity contribution in [3.8, 4) is 0 Å². The molecule has 6 rings (SSSR count). The first-order valence-electron chi connectivity index (χ1n) is 12.2. The van der Waals surface area contributed by atoms with E-state index in [0.29, 0.717) is 37.2 Å². The van der Waals surface area contributed by atoms with Gasteiger partial charge < -0.3 is 26.0 Å². The summed E-state index contributed by atoms with van der Waals surface area (Å²) in [5.74, 6) is -0.455. The molecule has 2 fully saturated rings. The fourth-order valence-electron chi connectivity index (χ4n) is 5.67. The standard InChI is InChI=1S/C26H29N5O4/c1-14-2-5-21(15-3-4-19-16(8-15)9-26(6-7-26)25(34)30-19)31(11-14)24(33)23(32)29-20-10-28-22(27)18-13-35-12-17(18)20/h3-4,8,10,14,21H,2,5-7,9,11-13H2,1H3,(H2,27,28)(H,29,32)(H,30,34)/t14-,21?/m0/s1. The Hall–Kier alpha value is -3.46. The van der Waals surface area contributed by atoms with Crippen LogP contribution in [0.3, 0.4) is 0 Å². The Morgan fingerprint density at radius 3 is 2.83 bits per heavy atom. The summed E-state index contributed by atoms with van der Waals surface area (Å²) in [5.41, 5.74) is 10.6. The summed E-state index contributed by atoms with van der Waals surface area (Å²) < 4.78 is 5.46. The molecule has 9 heteroatoms. The molecule has 1 unspecified atom stereocenters. The molecule has 1 aliphatic carbocycles. The van der Waals surface area contributed by atoms with E-state index in [1.54, 1.807) is 4.90 Å². The van der Waals surface area contributed by atoms with E-state index in [0.717, 1.165) is 60.0 Å². The Kier molecular flexibility index (Phi) is 5.07. The molecule has 2 aromatic rings. The quantitative estimate of drug-likeness (QED) is 0.574. The van der Waals surface area contributed by atoms with Crippen molar-refractivity contribution < 1.29 is 19.1 Å². The van der Waals surface area contributed by atoms with Crippen LogP contribution < -0.4 is 16.4 Å². The second kappa shape index (κ2) is 8.05. The normalized spacial score (nSPS) is 23.9. The number of pyridine rings is 1. The maximum atomic E-state index is 13.4. The van der Waals surface area contributed by atoms with Gasteiger partial charge in [-0.1, -0.05) is 19.1 Å². The first-order chi connectivity index (χ1) is 16.8. The van der Waals surface area contributed by atoms with Gasteiger partial charge in [-0.3, -0.25) is 14.4 Å². The summed E-state index contributed by atoms with van der Waals surface area (Å²) in [5, 5.41) is 5.80. The van der Waals surface area contributed by atoms with E-state index >= 15 is 0 Å². The van der Waals surface area contributed by atoms with E-state index in [9.17, 15) is 14.4 Å². The fourth-order valence-corrected chi connectivity index (χ4v) is 5.67. The minimum atomic E-state index is -0.688. The van der Waals surface area contributed by atoms with Gasteiger partial charge >= 0.3 is 11.8 Å². The highest BCUT2D eigenvalue weighted by Gasteiger charge is 2.52. The largest absolute Gasteiger partial charge is 0.383 e. The summed E-state index contributed by atoms with van der Waals surface area (Å²) in [6.07, 6.45) is 5.81. The second-order valence-corrected chi connectivity index (χ2v) is 10.4. The van der Waals surface area contributed by atoms with E-state index in [1.165, 1.54) is 6.20 Å². The SMILES string of the molecule is C[C@H]1CCC(c2ccc3c(c2)CC2(CC2)C(=O)N3)N(C(=O)C(=O)Nc2cnc(N)c3c2COC3)C1. The van der Waals surface area contributed by atoms with Gasteiger partial charge in [0.1, 0.15) is 5.82 Å². The van der Waals surface area contributed by atoms with Gasteiger partial charge in [0.25, 0.3) is 0 Å². The van der Waals surface area contributed by atoms with Crippen LogP contribution in [0.25, 0.3) is 0 Å². The average Bonchev–Trinajstić information content (AvgIpc) is 3.43. The Morgan fingerprint density at radius 2 is 2.03 bits per heavy atom. The number of hydrogen-bond donors (Lipinski definition) is 3. The van der Waals surface area contributed by atoms with E-state index in [4.69, 9.17) is 10.5 Å². The number of nitrogens with two attached hydrogens (primary N) is 1. The second-order valence-electron chi connectivity index (χ2n) is 10.4. The maximum Gasteiger partial charge on any atom is 0.313 e. The van der Waals surface area contributed by atoms with Crippen LogP contribution in [0, 0.1) is 11.3 Å². The summed E-state index contributed by atoms with van der Waals surface area (Å²) in [6, 6.07) is 5.82. The van der Waals surface area contributed by atoms with Gasteiger partial charge in [0.05, 0.1) is 36.6 Å². The predicted octanol–water partition coefficient (Wildman–Crippen LogP) is 2.91. The fraction of sp³-hybridized carbons (Fsp3) is 0.462. The van der Waals surface area contributed by atoms with Crippen molar-refractivity contribution in [3.63, 3.8) is 0 Å². The number of carbonyl (C=O) groups excluding carboxylic acids is 3. The lowest BCUT2D eigenvalue weighted by Crippen LogP contribution is -2.46. The third-order valence-corrected chi connectivity index (χ3v) is 7.97. The van der Waals surface area contributed by atoms with Gasteiger partial charge in [0, 0.05) is 23.4 Å². The predicted molar refractivity (Wildman–Crippen MR) is 129 cm³/mol. The van der Waals surface area contributed by atoms with Crippen molar-refractivity contribution in [1.82, 2.24) is 9.88 Å². The molecule has 9 nitrogen and oxygen atoms in total. The van der Waals surface area contributed by atoms with Gasteiger partial charge in [-0.2, -0.15) is 0 Å². The van der Waals surface area contributed by atoms with E-state index in [1.807, 2.05) is 12.1 Å². The lowest BCUT2D eigenvalue weighted by Gasteiger charge is -2.39. The molecule has 1 spiro atoms. The zero-order chi connectivity index (χ0) is 24.3. The third-order valence-electron chi connectivity index (χ3n) is 7.97. The zero-order valence-corrected chi connectivity index (χ0v) is 19.7. The first kappa shape index (κ1) is 22.0. The molecule has 4 N–H and O–H groups in total. The van der Waals surface area contributed by atoms with Gasteiger partial charge in [-0.05, 0) is 55.2 Å². The van der Waals surface area contributed by atoms with Crippen LogP contribution in [0.1, 0.15) is 60.9 Å². The molecule has 3 amide bonds. The minimum absolute atomic E-state index is 0.117. The van der Waals surface area contributed by atoms with Crippen molar-refractivity contribution in [2.75, 3.05) is 22.9 Å². The number of ether oxygens (including phenoxy) is 1. The van der Waals surface area contributed by atoms with Gasteiger partial charge in [0.2, 0.25) is 5.91 Å². The highest BCUT2D eigenvalue weighted by Crippen LogP contribution is 2.52. The third kappa shape index (κ3) is 3.74. The molecule has 1 saturated carbocycles. The number of anilines is 3. The van der Waals surface area contributed by atoms with E-state index in [-0.39, 0.29) is 17.4 Å². The number of nitrogens with one attached hydrogen (secondary N) is 2. The molecule has 2 atom stereocenters. The van der Waals surface area contributed by atoms with Crippen molar-refractivity contribution in [2.24, 2.45) is 11.3 Å². The van der Waals surface area contributed by atoms with Crippen LogP contribution in [-0.4, -0.2) is 34.2 Å². The molecule has 0 radical (unpaired) electrons. The molecule has 4 heterocycles. The number of aromatic nitrogens is 1. The Morgan fingerprint density at radius 1 is 1.23 bits per heavy atom. The number of fused-ring (bicyclic) bond motifs is 2. The van der Waals surface area contributed by atoms with Crippen molar-refractivity contribution >= 4 is 34.9 Å². The maximum absolute atomic E-state index is 13.4. The van der Waals surface area contributed by atoms with Gasteiger partial charge in [0.15, 0.2) is 0 Å². The number of likely N-dealkylation sites (tertiary alicyclic amines) is 1. The summed E-state index contributed by atoms with van der Waals surface area (Å²) in [6.45, 7) is 3.28. The smallest absolute Gasteiger partial charge is 0.313 e. The summed E-state index contributed by atoms with van der Waals surface area (Å²) >= 11 is 0. The monoisotopic (exact) mass is 475 g/mol. The Bertz CT molecular complexity index is 1250. The molecular weight excluding hydrogens is 446 g/mol. The van der Waals surface area contributed by atoms with E-state index in [2.05, 4.69) is 28.6 Å². The molecule has 1 saturated heterocycles. The highest BCUT2D eigenvalue weighted by atomic mass is 16.5. The lowest BCUT2D eigenvalue weighted by atomic mass is 9.85. The highest BCUT2D eigenvalue weighted by molar-refractivity contribution is 6.39. The molecule has 35 heavy (non-hydrogen) atoms. The number of amides is 3. The zero-order valence-electron chi connectivity index (χ0n) is 19.7. The summed E-state index contributed by atoms with van der Waals surface area (Å²) in [4.78, 5) is 44.7. The Labute approximate surface area is 203 Å². The van der Waals surface area contributed by atoms with Crippen LogP contribution in [0.4, 0.5) is 17.2 Å². The van der Waals surface area contributed by atoms with Crippen LogP contribution >= 0.6 is 0 Å². The number of carbonyl (C=O) groups is 3. The number of rotatable bonds is 2. The van der Waals surface area contributed by atoms with Crippen LogP contribution in [0.5, 0.6) is 0 Å². The van der Waals surface area contributed by atoms with Crippen molar-refractivity contribution in [3.05, 3.63) is 46.6 Å². The molecule has 4 aliphatic rings. The average molecular weight is 476 g/mol. The summed E-state index contributed by atoms with van der Waals surface area (Å²) in [7, 11) is 0. The number of piperidine rings is 1. The topological polar surface area (TPSA) is 127 Å². The van der Waals surface area contributed by atoms with Gasteiger partial charge in [-0.25, -0.2) is 4.98 Å². The molecule has 1 aromatic carbocycles. The molecule has 1 aromatic heterocycles. The van der Waals surface area contributed by atoms with Crippen molar-refractivity contribution in [2.45, 2.75) is 58.3 Å². The minimum Gasteiger partial charge on any atom is -0.383 e. The molecular formula is C26H29N5O4. The van der Waals surface area contributed by atoms with E-state index < -0.39 is 11.8 Å².